The summed E-state index contributed by atoms with van der Waals surface area (Å²) in [7, 11) is 0. The van der Waals surface area contributed by atoms with E-state index in [0.29, 0.717) is 39.5 Å². The Hall–Kier alpha value is -1.37. The first-order valence-corrected chi connectivity index (χ1v) is 7.87. The van der Waals surface area contributed by atoms with Gasteiger partial charge in [0.15, 0.2) is 0 Å². The summed E-state index contributed by atoms with van der Waals surface area (Å²) in [4.78, 5) is 15.8. The van der Waals surface area contributed by atoms with E-state index in [-0.39, 0.29) is 5.91 Å². The molecule has 2 aromatic rings. The molecule has 5 nitrogen and oxygen atoms in total. The van der Waals surface area contributed by atoms with Crippen molar-refractivity contribution in [3.63, 3.8) is 0 Å². The Bertz CT molecular complexity index is 597. The summed E-state index contributed by atoms with van der Waals surface area (Å²) in [6.45, 7) is 0. The number of oxazole rings is 1. The van der Waals surface area contributed by atoms with Gasteiger partial charge in [0.1, 0.15) is 6.26 Å². The molecule has 0 spiro atoms. The zero-order chi connectivity index (χ0) is 15.2. The predicted octanol–water partition coefficient (Wildman–Crippen LogP) is 4.07. The highest BCUT2D eigenvalue weighted by molar-refractivity contribution is 7.99. The molecule has 0 aliphatic rings. The van der Waals surface area contributed by atoms with Gasteiger partial charge in [-0.1, -0.05) is 35.0 Å². The summed E-state index contributed by atoms with van der Waals surface area (Å²) in [5.41, 5.74) is 6.44. The number of nitrogens with one attached hydrogen (secondary N) is 1. The summed E-state index contributed by atoms with van der Waals surface area (Å²) in [5.74, 6) is 0.577. The van der Waals surface area contributed by atoms with Crippen LogP contribution in [0.15, 0.2) is 34.2 Å². The summed E-state index contributed by atoms with van der Waals surface area (Å²) < 4.78 is 5.08. The molecule has 0 aliphatic heterocycles. The molecule has 21 heavy (non-hydrogen) atoms. The Morgan fingerprint density at radius 2 is 2.10 bits per heavy atom. The minimum atomic E-state index is -0.156. The smallest absolute Gasteiger partial charge is 0.255 e. The molecule has 0 aliphatic carbocycles. The zero-order valence-corrected chi connectivity index (χ0v) is 13.3. The molecule has 0 unspecified atom stereocenters. The van der Waals surface area contributed by atoms with Crippen molar-refractivity contribution < 1.29 is 9.21 Å². The SMILES string of the molecule is Nc1cc(Cl)c(NC(=O)CCCSc2ncco2)c(Cl)c1. The number of amides is 1. The molecule has 0 saturated carbocycles. The van der Waals surface area contributed by atoms with Crippen LogP contribution in [0.1, 0.15) is 12.8 Å². The molecule has 0 fully saturated rings. The van der Waals surface area contributed by atoms with Crippen LogP contribution >= 0.6 is 35.0 Å². The van der Waals surface area contributed by atoms with Gasteiger partial charge in [-0.25, -0.2) is 4.98 Å². The second-order valence-electron chi connectivity index (χ2n) is 4.16. The highest BCUT2D eigenvalue weighted by Crippen LogP contribution is 2.32. The van der Waals surface area contributed by atoms with E-state index in [2.05, 4.69) is 10.3 Å². The maximum atomic E-state index is 11.9. The van der Waals surface area contributed by atoms with Gasteiger partial charge in [0, 0.05) is 17.9 Å². The van der Waals surface area contributed by atoms with E-state index in [0.717, 1.165) is 5.75 Å². The molecule has 1 amide bonds. The van der Waals surface area contributed by atoms with E-state index in [4.69, 9.17) is 33.4 Å². The zero-order valence-electron chi connectivity index (χ0n) is 10.9. The molecule has 3 N–H and O–H groups in total. The number of nitrogen functional groups attached to an aromatic ring is 1. The van der Waals surface area contributed by atoms with E-state index in [9.17, 15) is 4.79 Å². The average molecular weight is 346 g/mol. The normalized spacial score (nSPS) is 10.6. The summed E-state index contributed by atoms with van der Waals surface area (Å²) in [5, 5.41) is 3.93. The van der Waals surface area contributed by atoms with Gasteiger partial charge < -0.3 is 15.5 Å². The van der Waals surface area contributed by atoms with E-state index in [1.807, 2.05) is 0 Å². The Labute approximate surface area is 136 Å². The van der Waals surface area contributed by atoms with Crippen LogP contribution in [-0.2, 0) is 4.79 Å². The topological polar surface area (TPSA) is 81.1 Å². The molecule has 0 atom stereocenters. The lowest BCUT2D eigenvalue weighted by Crippen LogP contribution is -2.12. The van der Waals surface area contributed by atoms with Crippen molar-refractivity contribution >= 4 is 52.2 Å². The van der Waals surface area contributed by atoms with Gasteiger partial charge in [0.05, 0.1) is 21.9 Å². The summed E-state index contributed by atoms with van der Waals surface area (Å²) in [6.07, 6.45) is 4.13. The Morgan fingerprint density at radius 1 is 1.38 bits per heavy atom. The maximum Gasteiger partial charge on any atom is 0.255 e. The van der Waals surface area contributed by atoms with Crippen LogP contribution < -0.4 is 11.1 Å². The van der Waals surface area contributed by atoms with Crippen LogP contribution in [0, 0.1) is 0 Å². The number of nitrogens with zero attached hydrogens (tertiary/aromatic N) is 1. The van der Waals surface area contributed by atoms with Crippen LogP contribution in [-0.4, -0.2) is 16.6 Å². The van der Waals surface area contributed by atoms with Crippen LogP contribution in [0.2, 0.25) is 10.0 Å². The first kappa shape index (κ1) is 16.0. The van der Waals surface area contributed by atoms with E-state index in [1.165, 1.54) is 18.0 Å². The van der Waals surface area contributed by atoms with Crippen LogP contribution in [0.25, 0.3) is 0 Å². The van der Waals surface area contributed by atoms with Crippen LogP contribution in [0.4, 0.5) is 11.4 Å². The van der Waals surface area contributed by atoms with Crippen molar-refractivity contribution in [1.82, 2.24) is 4.98 Å². The highest BCUT2D eigenvalue weighted by atomic mass is 35.5. The molecule has 0 saturated heterocycles. The number of carbonyl (C=O) groups excluding carboxylic acids is 1. The number of anilines is 2. The largest absolute Gasteiger partial charge is 0.440 e. The number of nitrogens with two attached hydrogens (primary N) is 1. The fraction of sp³-hybridized carbons (Fsp3) is 0.231. The number of rotatable bonds is 6. The Morgan fingerprint density at radius 3 is 2.71 bits per heavy atom. The van der Waals surface area contributed by atoms with Crippen molar-refractivity contribution in [2.24, 2.45) is 0 Å². The molecule has 1 heterocycles. The molecule has 0 radical (unpaired) electrons. The van der Waals surface area contributed by atoms with Gasteiger partial charge in [-0.15, -0.1) is 0 Å². The van der Waals surface area contributed by atoms with E-state index >= 15 is 0 Å². The lowest BCUT2D eigenvalue weighted by atomic mass is 10.2. The maximum absolute atomic E-state index is 11.9. The molecule has 112 valence electrons. The fourth-order valence-corrected chi connectivity index (χ4v) is 2.91. The quantitative estimate of drug-likeness (QED) is 0.468. The minimum Gasteiger partial charge on any atom is -0.440 e. The molecule has 1 aromatic heterocycles. The van der Waals surface area contributed by atoms with Gasteiger partial charge in [-0.2, -0.15) is 0 Å². The van der Waals surface area contributed by atoms with Crippen LogP contribution in [0.3, 0.4) is 0 Å². The monoisotopic (exact) mass is 345 g/mol. The highest BCUT2D eigenvalue weighted by Gasteiger charge is 2.11. The van der Waals surface area contributed by atoms with Gasteiger partial charge in [-0.3, -0.25) is 4.79 Å². The van der Waals surface area contributed by atoms with Gasteiger partial charge in [0.25, 0.3) is 5.22 Å². The number of hydrogen-bond donors (Lipinski definition) is 2. The van der Waals surface area contributed by atoms with E-state index < -0.39 is 0 Å². The molecule has 0 bridgehead atoms. The molecular formula is C13H13Cl2N3O2S. The lowest BCUT2D eigenvalue weighted by Gasteiger charge is -2.10. The van der Waals surface area contributed by atoms with Crippen molar-refractivity contribution in [2.45, 2.75) is 18.1 Å². The van der Waals surface area contributed by atoms with Gasteiger partial charge in [0.2, 0.25) is 5.91 Å². The first-order chi connectivity index (χ1) is 10.1. The molecule has 2 rings (SSSR count). The molecule has 8 heteroatoms. The lowest BCUT2D eigenvalue weighted by molar-refractivity contribution is -0.116. The second-order valence-corrected chi connectivity index (χ2v) is 6.02. The number of hydrogen-bond acceptors (Lipinski definition) is 5. The Kier molecular flexibility index (Phi) is 5.78. The summed E-state index contributed by atoms with van der Waals surface area (Å²) >= 11 is 13.5. The third-order valence-corrected chi connectivity index (χ3v) is 4.05. The molecule has 1 aromatic carbocycles. The predicted molar refractivity (Wildman–Crippen MR) is 86.0 cm³/mol. The number of halogens is 2. The van der Waals surface area contributed by atoms with Gasteiger partial charge >= 0.3 is 0 Å². The summed E-state index contributed by atoms with van der Waals surface area (Å²) in [6, 6.07) is 3.09. The van der Waals surface area contributed by atoms with Gasteiger partial charge in [-0.05, 0) is 18.6 Å². The van der Waals surface area contributed by atoms with Crippen LogP contribution in [0.5, 0.6) is 0 Å². The minimum absolute atomic E-state index is 0.156. The number of carbonyl (C=O) groups is 1. The van der Waals surface area contributed by atoms with E-state index in [1.54, 1.807) is 18.3 Å². The third kappa shape index (κ3) is 4.84. The molecular weight excluding hydrogens is 333 g/mol. The van der Waals surface area contributed by atoms with Crippen molar-refractivity contribution in [1.29, 1.82) is 0 Å². The van der Waals surface area contributed by atoms with Crippen molar-refractivity contribution in [3.8, 4) is 0 Å². The van der Waals surface area contributed by atoms with Crippen molar-refractivity contribution in [2.75, 3.05) is 16.8 Å². The number of aromatic nitrogens is 1. The first-order valence-electron chi connectivity index (χ1n) is 6.13. The number of thioether (sulfide) groups is 1. The fourth-order valence-electron chi connectivity index (χ4n) is 1.59. The average Bonchev–Trinajstić information content (AvgIpc) is 2.92. The second kappa shape index (κ2) is 7.59. The standard InChI is InChI=1S/C13H13Cl2N3O2S/c14-9-6-8(16)7-10(15)12(9)18-11(19)2-1-5-21-13-17-3-4-20-13/h3-4,6-7H,1-2,5,16H2,(H,18,19). The number of benzene rings is 1. The third-order valence-electron chi connectivity index (χ3n) is 2.51. The Balaban J connectivity index is 1.79. The van der Waals surface area contributed by atoms with Crippen molar-refractivity contribution in [3.05, 3.63) is 34.6 Å².